The monoisotopic (exact) mass is 295 g/mol. The van der Waals surface area contributed by atoms with Gasteiger partial charge in [-0.2, -0.15) is 5.10 Å². The highest BCUT2D eigenvalue weighted by Crippen LogP contribution is 2.15. The van der Waals surface area contributed by atoms with E-state index in [9.17, 15) is 4.79 Å². The SMILES string of the molecule is CCOC(=O)c1cnn(Cc2ccc3nc(C)ccc3c2)c1. The van der Waals surface area contributed by atoms with Crippen LogP contribution in [0.25, 0.3) is 10.9 Å². The van der Waals surface area contributed by atoms with E-state index in [1.165, 1.54) is 6.20 Å². The van der Waals surface area contributed by atoms with Crippen LogP contribution < -0.4 is 0 Å². The number of rotatable bonds is 4. The summed E-state index contributed by atoms with van der Waals surface area (Å²) in [6.45, 7) is 4.73. The van der Waals surface area contributed by atoms with Crippen LogP contribution in [-0.4, -0.2) is 27.3 Å². The van der Waals surface area contributed by atoms with Gasteiger partial charge in [0.25, 0.3) is 0 Å². The molecule has 0 aliphatic heterocycles. The first-order chi connectivity index (χ1) is 10.7. The molecule has 3 aromatic rings. The molecule has 0 fully saturated rings. The highest BCUT2D eigenvalue weighted by atomic mass is 16.5. The Bertz CT molecular complexity index is 824. The molecule has 22 heavy (non-hydrogen) atoms. The number of esters is 1. The molecule has 2 heterocycles. The van der Waals surface area contributed by atoms with E-state index in [-0.39, 0.29) is 5.97 Å². The number of aryl methyl sites for hydroxylation is 1. The van der Waals surface area contributed by atoms with Crippen LogP contribution in [0.1, 0.15) is 28.5 Å². The van der Waals surface area contributed by atoms with Crippen molar-refractivity contribution in [3.05, 3.63) is 59.5 Å². The molecule has 0 bridgehead atoms. The summed E-state index contributed by atoms with van der Waals surface area (Å²) in [5.41, 5.74) is 3.57. The summed E-state index contributed by atoms with van der Waals surface area (Å²) in [6, 6.07) is 10.2. The van der Waals surface area contributed by atoms with Crippen LogP contribution in [0.3, 0.4) is 0 Å². The largest absolute Gasteiger partial charge is 0.462 e. The Morgan fingerprint density at radius 3 is 2.95 bits per heavy atom. The molecular formula is C17H17N3O2. The third-order valence-corrected chi connectivity index (χ3v) is 3.38. The predicted molar refractivity (Wildman–Crippen MR) is 83.8 cm³/mol. The molecule has 0 aliphatic carbocycles. The summed E-state index contributed by atoms with van der Waals surface area (Å²) < 4.78 is 6.69. The van der Waals surface area contributed by atoms with E-state index in [4.69, 9.17) is 4.74 Å². The topological polar surface area (TPSA) is 57.0 Å². The molecule has 0 amide bonds. The molecule has 0 aliphatic rings. The lowest BCUT2D eigenvalue weighted by atomic mass is 10.1. The average molecular weight is 295 g/mol. The van der Waals surface area contributed by atoms with E-state index in [2.05, 4.69) is 22.2 Å². The van der Waals surface area contributed by atoms with Crippen LogP contribution in [-0.2, 0) is 11.3 Å². The van der Waals surface area contributed by atoms with Crippen molar-refractivity contribution >= 4 is 16.9 Å². The molecule has 0 saturated carbocycles. The Balaban J connectivity index is 1.81. The third kappa shape index (κ3) is 2.98. The van der Waals surface area contributed by atoms with Gasteiger partial charge in [-0.05, 0) is 37.6 Å². The zero-order valence-corrected chi connectivity index (χ0v) is 12.6. The highest BCUT2D eigenvalue weighted by molar-refractivity contribution is 5.88. The second-order valence-electron chi connectivity index (χ2n) is 5.13. The zero-order chi connectivity index (χ0) is 15.5. The van der Waals surface area contributed by atoms with Gasteiger partial charge >= 0.3 is 5.97 Å². The van der Waals surface area contributed by atoms with Crippen molar-refractivity contribution in [1.82, 2.24) is 14.8 Å². The number of benzene rings is 1. The second kappa shape index (κ2) is 5.97. The number of aromatic nitrogens is 3. The molecule has 0 N–H and O–H groups in total. The van der Waals surface area contributed by atoms with Gasteiger partial charge in [-0.15, -0.1) is 0 Å². The van der Waals surface area contributed by atoms with Crippen molar-refractivity contribution in [2.45, 2.75) is 20.4 Å². The summed E-state index contributed by atoms with van der Waals surface area (Å²) in [4.78, 5) is 16.1. The first-order valence-corrected chi connectivity index (χ1v) is 7.21. The summed E-state index contributed by atoms with van der Waals surface area (Å²) in [6.07, 6.45) is 3.24. The molecular weight excluding hydrogens is 278 g/mol. The molecule has 5 nitrogen and oxygen atoms in total. The predicted octanol–water partition coefficient (Wildman–Crippen LogP) is 2.96. The quantitative estimate of drug-likeness (QED) is 0.694. The van der Waals surface area contributed by atoms with Gasteiger partial charge in [0.1, 0.15) is 0 Å². The van der Waals surface area contributed by atoms with E-state index in [1.54, 1.807) is 17.8 Å². The standard InChI is InChI=1S/C17H17N3O2/c1-3-22-17(21)15-9-18-20(11-15)10-13-5-7-16-14(8-13)6-4-12(2)19-16/h4-9,11H,3,10H2,1-2H3. The summed E-state index contributed by atoms with van der Waals surface area (Å²) in [5, 5.41) is 5.31. The van der Waals surface area contributed by atoms with Gasteiger partial charge in [0.2, 0.25) is 0 Å². The Morgan fingerprint density at radius 2 is 2.14 bits per heavy atom. The fraction of sp³-hybridized carbons (Fsp3) is 0.235. The fourth-order valence-electron chi connectivity index (χ4n) is 2.33. The van der Waals surface area contributed by atoms with E-state index >= 15 is 0 Å². The van der Waals surface area contributed by atoms with E-state index in [1.807, 2.05) is 25.1 Å². The minimum absolute atomic E-state index is 0.341. The third-order valence-electron chi connectivity index (χ3n) is 3.38. The molecule has 0 atom stereocenters. The summed E-state index contributed by atoms with van der Waals surface area (Å²) in [5.74, 6) is -0.341. The van der Waals surface area contributed by atoms with Crippen molar-refractivity contribution < 1.29 is 9.53 Å². The lowest BCUT2D eigenvalue weighted by molar-refractivity contribution is 0.0526. The second-order valence-corrected chi connectivity index (χ2v) is 5.13. The van der Waals surface area contributed by atoms with Gasteiger partial charge in [-0.25, -0.2) is 4.79 Å². The molecule has 1 aromatic carbocycles. The molecule has 5 heteroatoms. The lowest BCUT2D eigenvalue weighted by Crippen LogP contribution is -2.04. The molecule has 3 rings (SSSR count). The van der Waals surface area contributed by atoms with Crippen LogP contribution >= 0.6 is 0 Å². The number of pyridine rings is 1. The number of hydrogen-bond acceptors (Lipinski definition) is 4. The molecule has 2 aromatic heterocycles. The van der Waals surface area contributed by atoms with Crippen molar-refractivity contribution in [2.75, 3.05) is 6.61 Å². The number of carbonyl (C=O) groups excluding carboxylic acids is 1. The van der Waals surface area contributed by atoms with Gasteiger partial charge in [0, 0.05) is 17.3 Å². The number of nitrogens with zero attached hydrogens (tertiary/aromatic N) is 3. The van der Waals surface area contributed by atoms with Crippen molar-refractivity contribution in [2.24, 2.45) is 0 Å². The maximum Gasteiger partial charge on any atom is 0.341 e. The smallest absolute Gasteiger partial charge is 0.341 e. The average Bonchev–Trinajstić information content (AvgIpc) is 2.96. The molecule has 0 unspecified atom stereocenters. The first-order valence-electron chi connectivity index (χ1n) is 7.21. The van der Waals surface area contributed by atoms with Crippen molar-refractivity contribution in [1.29, 1.82) is 0 Å². The normalized spacial score (nSPS) is 10.8. The van der Waals surface area contributed by atoms with E-state index in [0.29, 0.717) is 18.7 Å². The minimum atomic E-state index is -0.341. The maximum absolute atomic E-state index is 11.6. The van der Waals surface area contributed by atoms with Gasteiger partial charge in [-0.3, -0.25) is 9.67 Å². The Labute approximate surface area is 128 Å². The summed E-state index contributed by atoms with van der Waals surface area (Å²) >= 11 is 0. The van der Waals surface area contributed by atoms with E-state index < -0.39 is 0 Å². The van der Waals surface area contributed by atoms with Crippen molar-refractivity contribution in [3.8, 4) is 0 Å². The van der Waals surface area contributed by atoms with Gasteiger partial charge < -0.3 is 4.74 Å². The van der Waals surface area contributed by atoms with Gasteiger partial charge in [-0.1, -0.05) is 12.1 Å². The fourth-order valence-corrected chi connectivity index (χ4v) is 2.33. The Morgan fingerprint density at radius 1 is 1.27 bits per heavy atom. The maximum atomic E-state index is 11.6. The lowest BCUT2D eigenvalue weighted by Gasteiger charge is -2.04. The molecule has 0 radical (unpaired) electrons. The highest BCUT2D eigenvalue weighted by Gasteiger charge is 2.09. The number of hydrogen-bond donors (Lipinski definition) is 0. The van der Waals surface area contributed by atoms with Crippen LogP contribution in [0, 0.1) is 6.92 Å². The van der Waals surface area contributed by atoms with Gasteiger partial charge in [0.05, 0.1) is 30.4 Å². The number of ether oxygens (including phenoxy) is 1. The minimum Gasteiger partial charge on any atom is -0.462 e. The Kier molecular flexibility index (Phi) is 3.87. The number of fused-ring (bicyclic) bond motifs is 1. The van der Waals surface area contributed by atoms with Crippen LogP contribution in [0.2, 0.25) is 0 Å². The molecule has 0 saturated heterocycles. The summed E-state index contributed by atoms with van der Waals surface area (Å²) in [7, 11) is 0. The number of carbonyl (C=O) groups is 1. The van der Waals surface area contributed by atoms with Gasteiger partial charge in [0.15, 0.2) is 0 Å². The van der Waals surface area contributed by atoms with Crippen molar-refractivity contribution in [3.63, 3.8) is 0 Å². The Hall–Kier alpha value is -2.69. The van der Waals surface area contributed by atoms with Crippen LogP contribution in [0.5, 0.6) is 0 Å². The van der Waals surface area contributed by atoms with Crippen LogP contribution in [0.15, 0.2) is 42.7 Å². The first kappa shape index (κ1) is 14.3. The molecule has 0 spiro atoms. The van der Waals surface area contributed by atoms with E-state index in [0.717, 1.165) is 22.2 Å². The zero-order valence-electron chi connectivity index (χ0n) is 12.6. The van der Waals surface area contributed by atoms with Crippen LogP contribution in [0.4, 0.5) is 0 Å². The molecule has 112 valence electrons.